The number of aromatic nitrogens is 1. The summed E-state index contributed by atoms with van der Waals surface area (Å²) in [6.07, 6.45) is 3.66. The Hall–Kier alpha value is -1.14. The monoisotopic (exact) mass is 327 g/mol. The molecule has 0 aromatic carbocycles. The summed E-state index contributed by atoms with van der Waals surface area (Å²) in [5.74, 6) is 0.119. The molecule has 1 aromatic heterocycles. The third-order valence-corrected chi connectivity index (χ3v) is 3.90. The first kappa shape index (κ1) is 14.3. The van der Waals surface area contributed by atoms with Crippen molar-refractivity contribution in [1.29, 1.82) is 0 Å². The average Bonchev–Trinajstić information content (AvgIpc) is 2.52. The number of amides is 1. The Morgan fingerprint density at radius 1 is 1.53 bits per heavy atom. The fourth-order valence-electron chi connectivity index (χ4n) is 2.26. The molecule has 0 saturated carbocycles. The zero-order valence-electron chi connectivity index (χ0n) is 10.9. The van der Waals surface area contributed by atoms with Gasteiger partial charge in [0.2, 0.25) is 0 Å². The van der Waals surface area contributed by atoms with Gasteiger partial charge in [-0.05, 0) is 48.2 Å². The molecule has 0 spiro atoms. The number of rotatable bonds is 1. The van der Waals surface area contributed by atoms with Gasteiger partial charge in [-0.15, -0.1) is 0 Å². The predicted octanol–water partition coefficient (Wildman–Crippen LogP) is 1.80. The highest BCUT2D eigenvalue weighted by Gasteiger charge is 2.28. The molecule has 1 amide bonds. The molecule has 1 aliphatic rings. The number of halogens is 1. The van der Waals surface area contributed by atoms with E-state index >= 15 is 0 Å². The van der Waals surface area contributed by atoms with Crippen LogP contribution >= 0.6 is 15.9 Å². The van der Waals surface area contributed by atoms with E-state index in [0.29, 0.717) is 31.5 Å². The van der Waals surface area contributed by atoms with E-state index in [1.54, 1.807) is 17.2 Å². The number of hydrogen-bond donors (Lipinski definition) is 2. The lowest BCUT2D eigenvalue weighted by Gasteiger charge is -2.23. The van der Waals surface area contributed by atoms with Gasteiger partial charge in [0.15, 0.2) is 0 Å². The molecule has 3 N–H and O–H groups in total. The third-order valence-electron chi connectivity index (χ3n) is 3.47. The van der Waals surface area contributed by atoms with E-state index in [-0.39, 0.29) is 11.7 Å². The summed E-state index contributed by atoms with van der Waals surface area (Å²) in [4.78, 5) is 18.2. The Labute approximate surface area is 120 Å². The molecule has 19 heavy (non-hydrogen) atoms. The van der Waals surface area contributed by atoms with Crippen molar-refractivity contribution in [2.45, 2.75) is 31.8 Å². The van der Waals surface area contributed by atoms with E-state index in [1.807, 2.05) is 6.92 Å². The van der Waals surface area contributed by atoms with Crippen LogP contribution in [-0.4, -0.2) is 39.6 Å². The van der Waals surface area contributed by atoms with Gasteiger partial charge in [0.25, 0.3) is 5.91 Å². The molecule has 0 radical (unpaired) electrons. The Balaban J connectivity index is 2.17. The van der Waals surface area contributed by atoms with Crippen LogP contribution in [0, 0.1) is 0 Å². The molecular weight excluding hydrogens is 310 g/mol. The minimum Gasteiger partial charge on any atom is -0.390 e. The van der Waals surface area contributed by atoms with Crippen LogP contribution in [0.25, 0.3) is 0 Å². The van der Waals surface area contributed by atoms with Gasteiger partial charge in [-0.1, -0.05) is 0 Å². The van der Waals surface area contributed by atoms with Crippen LogP contribution in [0.5, 0.6) is 0 Å². The molecule has 1 fully saturated rings. The fraction of sp³-hybridized carbons (Fsp3) is 0.538. The molecule has 1 aromatic rings. The number of likely N-dealkylation sites (tertiary alicyclic amines) is 1. The zero-order valence-corrected chi connectivity index (χ0v) is 12.5. The van der Waals surface area contributed by atoms with E-state index in [9.17, 15) is 9.90 Å². The van der Waals surface area contributed by atoms with Crippen LogP contribution in [-0.2, 0) is 0 Å². The van der Waals surface area contributed by atoms with E-state index in [4.69, 9.17) is 5.73 Å². The maximum absolute atomic E-state index is 12.4. The summed E-state index contributed by atoms with van der Waals surface area (Å²) in [6, 6.07) is 1.69. The van der Waals surface area contributed by atoms with Crippen molar-refractivity contribution in [3.8, 4) is 0 Å². The summed E-state index contributed by atoms with van der Waals surface area (Å²) in [5, 5.41) is 10.0. The molecule has 1 saturated heterocycles. The van der Waals surface area contributed by atoms with Crippen molar-refractivity contribution in [1.82, 2.24) is 9.88 Å². The first-order chi connectivity index (χ1) is 8.89. The van der Waals surface area contributed by atoms with Crippen LogP contribution in [0.1, 0.15) is 36.5 Å². The van der Waals surface area contributed by atoms with Crippen LogP contribution in [0.15, 0.2) is 16.7 Å². The highest BCUT2D eigenvalue weighted by atomic mass is 79.9. The molecular formula is C13H18BrN3O2. The molecule has 0 bridgehead atoms. The van der Waals surface area contributed by atoms with E-state index in [2.05, 4.69) is 20.9 Å². The van der Waals surface area contributed by atoms with Gasteiger partial charge in [-0.3, -0.25) is 4.79 Å². The fourth-order valence-corrected chi connectivity index (χ4v) is 2.59. The summed E-state index contributed by atoms with van der Waals surface area (Å²) in [6.45, 7) is 2.99. The lowest BCUT2D eigenvalue weighted by molar-refractivity contribution is 0.0438. The lowest BCUT2D eigenvalue weighted by atomic mass is 9.98. The summed E-state index contributed by atoms with van der Waals surface area (Å²) >= 11 is 3.29. The number of hydrogen-bond acceptors (Lipinski definition) is 4. The second kappa shape index (κ2) is 5.46. The quantitative estimate of drug-likeness (QED) is 0.824. The lowest BCUT2D eigenvalue weighted by Crippen LogP contribution is -2.34. The van der Waals surface area contributed by atoms with Crippen LogP contribution in [0.4, 0.5) is 5.82 Å². The van der Waals surface area contributed by atoms with Crippen LogP contribution in [0.3, 0.4) is 0 Å². The number of aliphatic hydroxyl groups is 1. The zero-order chi connectivity index (χ0) is 14.0. The smallest absolute Gasteiger partial charge is 0.257 e. The highest BCUT2D eigenvalue weighted by molar-refractivity contribution is 9.10. The van der Waals surface area contributed by atoms with E-state index in [1.165, 1.54) is 0 Å². The van der Waals surface area contributed by atoms with Gasteiger partial charge in [-0.25, -0.2) is 4.98 Å². The first-order valence-corrected chi connectivity index (χ1v) is 7.11. The second-order valence-electron chi connectivity index (χ2n) is 5.23. The predicted molar refractivity (Wildman–Crippen MR) is 76.7 cm³/mol. The number of nitrogen functional groups attached to an aromatic ring is 1. The minimum absolute atomic E-state index is 0.121. The second-order valence-corrected chi connectivity index (χ2v) is 6.14. The maximum Gasteiger partial charge on any atom is 0.257 e. The van der Waals surface area contributed by atoms with Gasteiger partial charge in [0.1, 0.15) is 5.82 Å². The van der Waals surface area contributed by atoms with E-state index < -0.39 is 5.60 Å². The summed E-state index contributed by atoms with van der Waals surface area (Å²) in [5.41, 5.74) is 5.49. The largest absolute Gasteiger partial charge is 0.390 e. The number of pyridine rings is 1. The van der Waals surface area contributed by atoms with Crippen molar-refractivity contribution in [2.75, 3.05) is 18.8 Å². The highest BCUT2D eigenvalue weighted by Crippen LogP contribution is 2.24. The molecule has 0 aliphatic carbocycles. The van der Waals surface area contributed by atoms with E-state index in [0.717, 1.165) is 10.9 Å². The number of carbonyl (C=O) groups is 1. The van der Waals surface area contributed by atoms with Crippen molar-refractivity contribution in [2.24, 2.45) is 0 Å². The average molecular weight is 328 g/mol. The minimum atomic E-state index is -0.684. The van der Waals surface area contributed by atoms with Gasteiger partial charge >= 0.3 is 0 Å². The SMILES string of the molecule is CC1(O)CCCN(C(=O)c2cc(Br)cnc2N)CC1. The van der Waals surface area contributed by atoms with Crippen molar-refractivity contribution in [3.05, 3.63) is 22.3 Å². The maximum atomic E-state index is 12.4. The molecule has 1 aliphatic heterocycles. The molecule has 2 heterocycles. The molecule has 104 valence electrons. The Bertz CT molecular complexity index is 491. The van der Waals surface area contributed by atoms with Crippen LogP contribution < -0.4 is 5.73 Å². The standard InChI is InChI=1S/C13H18BrN3O2/c1-13(19)3-2-5-17(6-4-13)12(18)10-7-9(14)8-16-11(10)15/h7-8,19H,2-6H2,1H3,(H2,15,16). The molecule has 6 heteroatoms. The van der Waals surface area contributed by atoms with Crippen molar-refractivity contribution in [3.63, 3.8) is 0 Å². The number of nitrogens with zero attached hydrogens (tertiary/aromatic N) is 2. The van der Waals surface area contributed by atoms with Gasteiger partial charge in [0.05, 0.1) is 11.2 Å². The molecule has 5 nitrogen and oxygen atoms in total. The molecule has 1 unspecified atom stereocenters. The number of nitrogens with two attached hydrogens (primary N) is 1. The first-order valence-electron chi connectivity index (χ1n) is 6.32. The Morgan fingerprint density at radius 3 is 3.00 bits per heavy atom. The van der Waals surface area contributed by atoms with Crippen molar-refractivity contribution >= 4 is 27.7 Å². The Morgan fingerprint density at radius 2 is 2.26 bits per heavy atom. The molecule has 1 atom stereocenters. The van der Waals surface area contributed by atoms with Gasteiger partial charge in [0, 0.05) is 23.8 Å². The van der Waals surface area contributed by atoms with Crippen LogP contribution in [0.2, 0.25) is 0 Å². The summed E-state index contributed by atoms with van der Waals surface area (Å²) < 4.78 is 0.729. The number of anilines is 1. The Kier molecular flexibility index (Phi) is 4.10. The summed E-state index contributed by atoms with van der Waals surface area (Å²) in [7, 11) is 0. The molecule has 2 rings (SSSR count). The van der Waals surface area contributed by atoms with Gasteiger partial charge in [-0.2, -0.15) is 0 Å². The normalized spacial score (nSPS) is 24.1. The van der Waals surface area contributed by atoms with Crippen molar-refractivity contribution < 1.29 is 9.90 Å². The van der Waals surface area contributed by atoms with Gasteiger partial charge < -0.3 is 15.7 Å². The number of carbonyl (C=O) groups excluding carboxylic acids is 1. The third kappa shape index (κ3) is 3.45. The topological polar surface area (TPSA) is 79.5 Å².